The van der Waals surface area contributed by atoms with Crippen LogP contribution >= 0.6 is 0 Å². The molecule has 0 aromatic carbocycles. The molecule has 0 aromatic heterocycles. The van der Waals surface area contributed by atoms with Crippen LogP contribution in [0, 0.1) is 22.2 Å². The number of hydrogen-bond donors (Lipinski definition) is 1. The van der Waals surface area contributed by atoms with Gasteiger partial charge < -0.3 is 10.2 Å². The van der Waals surface area contributed by atoms with E-state index in [9.17, 15) is 4.79 Å². The SMILES string of the molecule is CC12CC3CC(C)(C1)CC(CC(=O)N1CCNCC1)(C3)C2. The standard InChI is InChI=1S/C18H30N2O/c1-16-7-14-8-17(2,11-16)13-18(9-14,12-16)10-15(21)20-5-3-19-4-6-20/h14,19H,3-13H2,1-2H3. The monoisotopic (exact) mass is 290 g/mol. The summed E-state index contributed by atoms with van der Waals surface area (Å²) in [5, 5.41) is 3.35. The number of carbonyl (C=O) groups excluding carboxylic acids is 1. The fourth-order valence-corrected chi connectivity index (χ4v) is 7.23. The fraction of sp³-hybridized carbons (Fsp3) is 0.944. The third-order valence-corrected chi connectivity index (χ3v) is 6.74. The number of rotatable bonds is 2. The van der Waals surface area contributed by atoms with Crippen molar-refractivity contribution < 1.29 is 4.79 Å². The summed E-state index contributed by atoms with van der Waals surface area (Å²) in [6, 6.07) is 0. The van der Waals surface area contributed by atoms with Crippen molar-refractivity contribution in [1.29, 1.82) is 0 Å². The second kappa shape index (κ2) is 4.47. The van der Waals surface area contributed by atoms with E-state index in [2.05, 4.69) is 24.1 Å². The molecule has 1 saturated heterocycles. The Kier molecular flexibility index (Phi) is 2.99. The Morgan fingerprint density at radius 3 is 2.24 bits per heavy atom. The molecule has 0 aromatic rings. The lowest BCUT2D eigenvalue weighted by Gasteiger charge is -2.65. The molecular weight excluding hydrogens is 260 g/mol. The normalized spacial score (nSPS) is 48.7. The molecule has 0 radical (unpaired) electrons. The first kappa shape index (κ1) is 14.0. The summed E-state index contributed by atoms with van der Waals surface area (Å²) >= 11 is 0. The van der Waals surface area contributed by atoms with E-state index in [1.165, 1.54) is 38.5 Å². The molecule has 2 atom stereocenters. The zero-order chi connectivity index (χ0) is 14.7. The number of nitrogens with one attached hydrogen (secondary N) is 1. The third-order valence-electron chi connectivity index (χ3n) is 6.74. The largest absolute Gasteiger partial charge is 0.340 e. The molecular formula is C18H30N2O. The van der Waals surface area contributed by atoms with Gasteiger partial charge in [0.2, 0.25) is 5.91 Å². The highest BCUT2D eigenvalue weighted by Gasteiger charge is 2.60. The first-order valence-electron chi connectivity index (χ1n) is 8.88. The average molecular weight is 290 g/mol. The quantitative estimate of drug-likeness (QED) is 0.848. The topological polar surface area (TPSA) is 32.3 Å². The van der Waals surface area contributed by atoms with Gasteiger partial charge in [-0.1, -0.05) is 13.8 Å². The molecule has 0 spiro atoms. The highest BCUT2D eigenvalue weighted by molar-refractivity contribution is 5.77. The van der Waals surface area contributed by atoms with E-state index >= 15 is 0 Å². The molecule has 5 fully saturated rings. The Bertz CT molecular complexity index is 436. The van der Waals surface area contributed by atoms with Crippen molar-refractivity contribution >= 4 is 5.91 Å². The number of nitrogens with zero attached hydrogens (tertiary/aromatic N) is 1. The van der Waals surface area contributed by atoms with Crippen molar-refractivity contribution in [2.45, 2.75) is 58.8 Å². The summed E-state index contributed by atoms with van der Waals surface area (Å²) in [7, 11) is 0. The van der Waals surface area contributed by atoms with E-state index in [-0.39, 0.29) is 0 Å². The smallest absolute Gasteiger partial charge is 0.223 e. The number of amides is 1. The summed E-state index contributed by atoms with van der Waals surface area (Å²) in [6.45, 7) is 8.76. The summed E-state index contributed by atoms with van der Waals surface area (Å²) < 4.78 is 0. The van der Waals surface area contributed by atoms with Gasteiger partial charge in [-0.15, -0.1) is 0 Å². The third kappa shape index (κ3) is 2.42. The molecule has 3 heteroatoms. The Balaban J connectivity index is 1.52. The van der Waals surface area contributed by atoms with Crippen LogP contribution in [0.5, 0.6) is 0 Å². The first-order chi connectivity index (χ1) is 9.90. The Morgan fingerprint density at radius 2 is 1.67 bits per heavy atom. The number of piperazine rings is 1. The maximum atomic E-state index is 12.8. The van der Waals surface area contributed by atoms with E-state index < -0.39 is 0 Å². The van der Waals surface area contributed by atoms with E-state index in [4.69, 9.17) is 0 Å². The van der Waals surface area contributed by atoms with E-state index in [0.717, 1.165) is 38.5 Å². The zero-order valence-electron chi connectivity index (χ0n) is 13.7. The maximum Gasteiger partial charge on any atom is 0.223 e. The van der Waals surface area contributed by atoms with Gasteiger partial charge in [0.15, 0.2) is 0 Å². The van der Waals surface area contributed by atoms with E-state index in [1.54, 1.807) is 0 Å². The minimum Gasteiger partial charge on any atom is -0.340 e. The van der Waals surface area contributed by atoms with Crippen LogP contribution in [0.4, 0.5) is 0 Å². The van der Waals surface area contributed by atoms with Crippen LogP contribution in [0.1, 0.15) is 58.8 Å². The van der Waals surface area contributed by atoms with Crippen LogP contribution < -0.4 is 5.32 Å². The molecule has 5 rings (SSSR count). The van der Waals surface area contributed by atoms with Gasteiger partial charge in [-0.3, -0.25) is 4.79 Å². The molecule has 4 aliphatic carbocycles. The predicted molar refractivity (Wildman–Crippen MR) is 83.9 cm³/mol. The molecule has 1 amide bonds. The first-order valence-corrected chi connectivity index (χ1v) is 8.88. The Labute approximate surface area is 128 Å². The van der Waals surface area contributed by atoms with Crippen LogP contribution in [0.25, 0.3) is 0 Å². The second-order valence-electron chi connectivity index (χ2n) is 9.44. The van der Waals surface area contributed by atoms with Crippen LogP contribution in [-0.4, -0.2) is 37.0 Å². The summed E-state index contributed by atoms with van der Waals surface area (Å²) in [6.07, 6.45) is 9.02. The van der Waals surface area contributed by atoms with Crippen LogP contribution in [-0.2, 0) is 4.79 Å². The van der Waals surface area contributed by atoms with Crippen molar-refractivity contribution in [3.63, 3.8) is 0 Å². The summed E-state index contributed by atoms with van der Waals surface area (Å²) in [4.78, 5) is 14.9. The van der Waals surface area contributed by atoms with Crippen molar-refractivity contribution in [3.05, 3.63) is 0 Å². The molecule has 1 aliphatic heterocycles. The second-order valence-corrected chi connectivity index (χ2v) is 9.44. The van der Waals surface area contributed by atoms with Gasteiger partial charge in [0.1, 0.15) is 0 Å². The summed E-state index contributed by atoms with van der Waals surface area (Å²) in [5.41, 5.74) is 1.39. The molecule has 1 N–H and O–H groups in total. The average Bonchev–Trinajstić information content (AvgIpc) is 2.34. The van der Waals surface area contributed by atoms with Crippen molar-refractivity contribution in [2.24, 2.45) is 22.2 Å². The minimum absolute atomic E-state index is 0.338. The highest BCUT2D eigenvalue weighted by atomic mass is 16.2. The van der Waals surface area contributed by atoms with Gasteiger partial charge in [0.05, 0.1) is 0 Å². The van der Waals surface area contributed by atoms with Crippen molar-refractivity contribution in [2.75, 3.05) is 26.2 Å². The molecule has 1 heterocycles. The van der Waals surface area contributed by atoms with Gasteiger partial charge in [0, 0.05) is 32.6 Å². The molecule has 3 nitrogen and oxygen atoms in total. The van der Waals surface area contributed by atoms with Gasteiger partial charge in [-0.2, -0.15) is 0 Å². The maximum absolute atomic E-state index is 12.8. The van der Waals surface area contributed by atoms with Gasteiger partial charge >= 0.3 is 0 Å². The Morgan fingerprint density at radius 1 is 1.05 bits per heavy atom. The van der Waals surface area contributed by atoms with Gasteiger partial charge in [-0.05, 0) is 60.7 Å². The number of carbonyl (C=O) groups is 1. The molecule has 5 aliphatic rings. The predicted octanol–water partition coefficient (Wildman–Crippen LogP) is 2.80. The van der Waals surface area contributed by atoms with E-state index in [0.29, 0.717) is 22.2 Å². The van der Waals surface area contributed by atoms with Crippen molar-refractivity contribution in [1.82, 2.24) is 10.2 Å². The highest BCUT2D eigenvalue weighted by Crippen LogP contribution is 2.70. The molecule has 118 valence electrons. The molecule has 4 bridgehead atoms. The Hall–Kier alpha value is -0.570. The zero-order valence-corrected chi connectivity index (χ0v) is 13.7. The number of hydrogen-bond acceptors (Lipinski definition) is 2. The lowest BCUT2D eigenvalue weighted by molar-refractivity contribution is -0.161. The lowest BCUT2D eigenvalue weighted by atomic mass is 9.40. The molecule has 2 unspecified atom stereocenters. The molecule has 4 saturated carbocycles. The van der Waals surface area contributed by atoms with Crippen LogP contribution in [0.3, 0.4) is 0 Å². The lowest BCUT2D eigenvalue weighted by Crippen LogP contribution is -2.56. The van der Waals surface area contributed by atoms with Crippen molar-refractivity contribution in [3.8, 4) is 0 Å². The van der Waals surface area contributed by atoms with Gasteiger partial charge in [-0.25, -0.2) is 0 Å². The van der Waals surface area contributed by atoms with Crippen LogP contribution in [0.15, 0.2) is 0 Å². The van der Waals surface area contributed by atoms with Crippen LogP contribution in [0.2, 0.25) is 0 Å². The fourth-order valence-electron chi connectivity index (χ4n) is 7.23. The van der Waals surface area contributed by atoms with Gasteiger partial charge in [0.25, 0.3) is 0 Å². The molecule has 21 heavy (non-hydrogen) atoms. The minimum atomic E-state index is 0.338. The van der Waals surface area contributed by atoms with E-state index in [1.807, 2.05) is 0 Å². The summed E-state index contributed by atoms with van der Waals surface area (Å²) in [5.74, 6) is 1.33.